The smallest absolute Gasteiger partial charge is 0.222 e. The highest BCUT2D eigenvalue weighted by atomic mass is 16.5. The van der Waals surface area contributed by atoms with Crippen LogP contribution >= 0.6 is 0 Å². The summed E-state index contributed by atoms with van der Waals surface area (Å²) in [7, 11) is 1.90. The molecule has 1 aliphatic rings. The highest BCUT2D eigenvalue weighted by Gasteiger charge is 2.31. The molecular formula is C14H28N2O2. The number of likely N-dealkylation sites (N-methyl/N-ethyl adjacent to an activating group) is 1. The van der Waals surface area contributed by atoms with Gasteiger partial charge in [0.1, 0.15) is 0 Å². The van der Waals surface area contributed by atoms with Crippen LogP contribution in [0.1, 0.15) is 46.5 Å². The zero-order chi connectivity index (χ0) is 13.8. The largest absolute Gasteiger partial charge is 0.376 e. The molecule has 1 fully saturated rings. The molecule has 0 bridgehead atoms. The van der Waals surface area contributed by atoms with Crippen LogP contribution in [-0.4, -0.2) is 43.2 Å². The average Bonchev–Trinajstić information content (AvgIpc) is 2.71. The van der Waals surface area contributed by atoms with Gasteiger partial charge in [-0.3, -0.25) is 4.79 Å². The number of hydrogen-bond donors (Lipinski definition) is 1. The summed E-state index contributed by atoms with van der Waals surface area (Å²) in [5.74, 6) is 0.224. The number of hydrogen-bond acceptors (Lipinski definition) is 3. The van der Waals surface area contributed by atoms with E-state index in [9.17, 15) is 4.79 Å². The Hall–Kier alpha value is -0.610. The topological polar surface area (TPSA) is 55.6 Å². The molecule has 18 heavy (non-hydrogen) atoms. The van der Waals surface area contributed by atoms with Crippen molar-refractivity contribution in [2.75, 3.05) is 20.2 Å². The fourth-order valence-corrected chi connectivity index (χ4v) is 2.55. The first kappa shape index (κ1) is 15.4. The molecule has 4 nitrogen and oxygen atoms in total. The summed E-state index contributed by atoms with van der Waals surface area (Å²) in [6, 6.07) is 0.245. The number of nitrogens with zero attached hydrogens (tertiary/aromatic N) is 1. The van der Waals surface area contributed by atoms with Crippen molar-refractivity contribution >= 4 is 5.91 Å². The number of carbonyl (C=O) groups excluding carboxylic acids is 1. The molecule has 2 N–H and O–H groups in total. The summed E-state index contributed by atoms with van der Waals surface area (Å²) < 4.78 is 5.51. The predicted octanol–water partition coefficient (Wildman–Crippen LogP) is 1.78. The fraction of sp³-hybridized carbons (Fsp3) is 0.929. The van der Waals surface area contributed by atoms with Crippen LogP contribution in [0.25, 0.3) is 0 Å². The molecule has 1 amide bonds. The van der Waals surface area contributed by atoms with Crippen LogP contribution in [0.15, 0.2) is 0 Å². The third kappa shape index (κ3) is 4.25. The van der Waals surface area contributed by atoms with Crippen molar-refractivity contribution in [3.63, 3.8) is 0 Å². The van der Waals surface area contributed by atoms with Gasteiger partial charge in [-0.05, 0) is 38.1 Å². The fourth-order valence-electron chi connectivity index (χ4n) is 2.55. The van der Waals surface area contributed by atoms with E-state index in [1.807, 2.05) is 18.9 Å². The van der Waals surface area contributed by atoms with Gasteiger partial charge in [0.2, 0.25) is 5.91 Å². The quantitative estimate of drug-likeness (QED) is 0.788. The second kappa shape index (κ2) is 6.53. The number of nitrogens with two attached hydrogens (primary N) is 1. The van der Waals surface area contributed by atoms with Crippen LogP contribution in [0.2, 0.25) is 0 Å². The van der Waals surface area contributed by atoms with Crippen LogP contribution in [-0.2, 0) is 9.53 Å². The zero-order valence-electron chi connectivity index (χ0n) is 12.2. The van der Waals surface area contributed by atoms with E-state index in [2.05, 4.69) is 13.8 Å². The Bertz CT molecular complexity index is 279. The van der Waals surface area contributed by atoms with E-state index in [1.54, 1.807) is 0 Å². The Morgan fingerprint density at radius 3 is 2.61 bits per heavy atom. The van der Waals surface area contributed by atoms with Gasteiger partial charge in [0, 0.05) is 20.1 Å². The summed E-state index contributed by atoms with van der Waals surface area (Å²) >= 11 is 0. The second-order valence-electron chi connectivity index (χ2n) is 6.14. The van der Waals surface area contributed by atoms with Crippen LogP contribution in [0, 0.1) is 5.41 Å². The zero-order valence-corrected chi connectivity index (χ0v) is 12.2. The van der Waals surface area contributed by atoms with Crippen molar-refractivity contribution < 1.29 is 9.53 Å². The van der Waals surface area contributed by atoms with Crippen molar-refractivity contribution in [2.45, 2.75) is 58.6 Å². The van der Waals surface area contributed by atoms with E-state index in [4.69, 9.17) is 10.5 Å². The standard InChI is InChI=1S/C14H28N2O2/c1-11-12(6-10-18-11)16(4)13(17)5-7-14(2,3)8-9-15/h11-12H,5-10,15H2,1-4H3. The Kier molecular flexibility index (Phi) is 5.60. The molecule has 106 valence electrons. The Balaban J connectivity index is 2.40. The third-order valence-electron chi connectivity index (χ3n) is 4.06. The second-order valence-corrected chi connectivity index (χ2v) is 6.14. The normalized spacial score (nSPS) is 24.3. The number of amides is 1. The monoisotopic (exact) mass is 256 g/mol. The van der Waals surface area contributed by atoms with Crippen molar-refractivity contribution in [3.05, 3.63) is 0 Å². The summed E-state index contributed by atoms with van der Waals surface area (Å²) in [5, 5.41) is 0. The molecule has 1 heterocycles. The average molecular weight is 256 g/mol. The molecule has 0 aromatic rings. The predicted molar refractivity (Wildman–Crippen MR) is 73.3 cm³/mol. The van der Waals surface area contributed by atoms with E-state index in [-0.39, 0.29) is 23.5 Å². The molecule has 1 saturated heterocycles. The van der Waals surface area contributed by atoms with Gasteiger partial charge in [-0.15, -0.1) is 0 Å². The maximum atomic E-state index is 12.2. The molecule has 0 aliphatic carbocycles. The van der Waals surface area contributed by atoms with E-state index in [0.717, 1.165) is 25.9 Å². The SMILES string of the molecule is CC1OCCC1N(C)C(=O)CCC(C)(C)CCN. The first-order valence-corrected chi connectivity index (χ1v) is 6.95. The highest BCUT2D eigenvalue weighted by molar-refractivity contribution is 5.76. The van der Waals surface area contributed by atoms with Crippen molar-refractivity contribution in [3.8, 4) is 0 Å². The van der Waals surface area contributed by atoms with Gasteiger partial charge in [-0.1, -0.05) is 13.8 Å². The molecular weight excluding hydrogens is 228 g/mol. The van der Waals surface area contributed by atoms with E-state index in [0.29, 0.717) is 13.0 Å². The lowest BCUT2D eigenvalue weighted by molar-refractivity contribution is -0.133. The summed E-state index contributed by atoms with van der Waals surface area (Å²) in [6.07, 6.45) is 3.58. The number of rotatable bonds is 6. The van der Waals surface area contributed by atoms with E-state index >= 15 is 0 Å². The summed E-state index contributed by atoms with van der Waals surface area (Å²) in [6.45, 7) is 7.84. The maximum absolute atomic E-state index is 12.2. The van der Waals surface area contributed by atoms with Crippen LogP contribution in [0.3, 0.4) is 0 Å². The van der Waals surface area contributed by atoms with E-state index in [1.165, 1.54) is 0 Å². The molecule has 0 aromatic heterocycles. The summed E-state index contributed by atoms with van der Waals surface area (Å²) in [4.78, 5) is 14.0. The van der Waals surface area contributed by atoms with Gasteiger partial charge >= 0.3 is 0 Å². The van der Waals surface area contributed by atoms with Gasteiger partial charge in [-0.2, -0.15) is 0 Å². The summed E-state index contributed by atoms with van der Waals surface area (Å²) in [5.41, 5.74) is 5.74. The third-order valence-corrected chi connectivity index (χ3v) is 4.06. The van der Waals surface area contributed by atoms with Gasteiger partial charge in [-0.25, -0.2) is 0 Å². The first-order valence-electron chi connectivity index (χ1n) is 6.95. The minimum Gasteiger partial charge on any atom is -0.376 e. The molecule has 0 saturated carbocycles. The van der Waals surface area contributed by atoms with Crippen LogP contribution < -0.4 is 5.73 Å². The molecule has 0 spiro atoms. The van der Waals surface area contributed by atoms with Gasteiger partial charge in [0.05, 0.1) is 12.1 Å². The van der Waals surface area contributed by atoms with Crippen molar-refractivity contribution in [1.82, 2.24) is 4.90 Å². The molecule has 0 radical (unpaired) electrons. The Morgan fingerprint density at radius 1 is 1.44 bits per heavy atom. The Morgan fingerprint density at radius 2 is 2.11 bits per heavy atom. The number of ether oxygens (including phenoxy) is 1. The first-order chi connectivity index (χ1) is 8.37. The molecule has 1 rings (SSSR count). The van der Waals surface area contributed by atoms with Crippen LogP contribution in [0.4, 0.5) is 0 Å². The minimum atomic E-state index is 0.156. The lowest BCUT2D eigenvalue weighted by atomic mass is 9.84. The maximum Gasteiger partial charge on any atom is 0.222 e. The molecule has 0 aromatic carbocycles. The molecule has 4 heteroatoms. The Labute approximate surface area is 111 Å². The van der Waals surface area contributed by atoms with Gasteiger partial charge in [0.25, 0.3) is 0 Å². The highest BCUT2D eigenvalue weighted by Crippen LogP contribution is 2.27. The van der Waals surface area contributed by atoms with Gasteiger partial charge in [0.15, 0.2) is 0 Å². The van der Waals surface area contributed by atoms with Crippen molar-refractivity contribution in [2.24, 2.45) is 11.1 Å². The lowest BCUT2D eigenvalue weighted by Gasteiger charge is -2.29. The van der Waals surface area contributed by atoms with Crippen LogP contribution in [0.5, 0.6) is 0 Å². The molecule has 2 unspecified atom stereocenters. The van der Waals surface area contributed by atoms with E-state index < -0.39 is 0 Å². The minimum absolute atomic E-state index is 0.156. The van der Waals surface area contributed by atoms with Gasteiger partial charge < -0.3 is 15.4 Å². The lowest BCUT2D eigenvalue weighted by Crippen LogP contribution is -2.41. The van der Waals surface area contributed by atoms with Crippen molar-refractivity contribution in [1.29, 1.82) is 0 Å². The number of carbonyl (C=O) groups is 1. The molecule has 1 aliphatic heterocycles. The molecule has 2 atom stereocenters.